The van der Waals surface area contributed by atoms with Gasteiger partial charge in [0.15, 0.2) is 0 Å². The molecule has 7 nitrogen and oxygen atoms in total. The first-order chi connectivity index (χ1) is 17.6. The zero-order valence-electron chi connectivity index (χ0n) is 21.1. The Balaban J connectivity index is 1.12. The number of aryl methyl sites for hydroxylation is 1. The van der Waals surface area contributed by atoms with Crippen LogP contribution in [0.4, 0.5) is 16.3 Å². The zero-order chi connectivity index (χ0) is 24.6. The molecular weight excluding hydrogens is 450 g/mol. The highest BCUT2D eigenvalue weighted by atomic mass is 16.5. The fourth-order valence-electron chi connectivity index (χ4n) is 6.51. The van der Waals surface area contributed by atoms with E-state index in [1.54, 1.807) is 7.11 Å². The second kappa shape index (κ2) is 9.62. The van der Waals surface area contributed by atoms with Crippen LogP contribution in [0.2, 0.25) is 0 Å². The Morgan fingerprint density at radius 1 is 1.06 bits per heavy atom. The van der Waals surface area contributed by atoms with Crippen LogP contribution in [0.25, 0.3) is 10.9 Å². The van der Waals surface area contributed by atoms with Crippen molar-refractivity contribution in [2.24, 2.45) is 0 Å². The second-order valence-electron chi connectivity index (χ2n) is 10.5. The average Bonchev–Trinajstić information content (AvgIpc) is 3.08. The summed E-state index contributed by atoms with van der Waals surface area (Å²) in [6, 6.07) is 17.8. The van der Waals surface area contributed by atoms with E-state index in [9.17, 15) is 4.79 Å². The van der Waals surface area contributed by atoms with Gasteiger partial charge in [-0.05, 0) is 94.0 Å². The molecule has 2 aliphatic heterocycles. The lowest BCUT2D eigenvalue weighted by Gasteiger charge is -2.36. The number of ether oxygens (including phenoxy) is 1. The summed E-state index contributed by atoms with van der Waals surface area (Å²) in [6.45, 7) is 0. The summed E-state index contributed by atoms with van der Waals surface area (Å²) in [5.74, 6) is 1.79. The molecule has 3 N–H and O–H groups in total. The number of amides is 2. The van der Waals surface area contributed by atoms with E-state index in [4.69, 9.17) is 9.72 Å². The first kappa shape index (κ1) is 23.1. The molecule has 3 heterocycles. The van der Waals surface area contributed by atoms with Gasteiger partial charge in [0.2, 0.25) is 0 Å². The molecule has 3 aliphatic rings. The van der Waals surface area contributed by atoms with Crippen molar-refractivity contribution < 1.29 is 9.53 Å². The number of urea groups is 1. The van der Waals surface area contributed by atoms with Crippen LogP contribution in [0.3, 0.4) is 0 Å². The van der Waals surface area contributed by atoms with Crippen molar-refractivity contribution in [3.8, 4) is 5.75 Å². The highest BCUT2D eigenvalue weighted by Crippen LogP contribution is 2.38. The molecule has 1 aromatic heterocycles. The van der Waals surface area contributed by atoms with E-state index >= 15 is 0 Å². The third-order valence-electron chi connectivity index (χ3n) is 8.37. The van der Waals surface area contributed by atoms with Crippen molar-refractivity contribution in [2.75, 3.05) is 24.8 Å². The molecule has 2 saturated heterocycles. The maximum atomic E-state index is 12.7. The molecule has 0 spiro atoms. The topological polar surface area (TPSA) is 78.5 Å². The first-order valence-corrected chi connectivity index (χ1v) is 13.2. The highest BCUT2D eigenvalue weighted by Gasteiger charge is 2.38. The third-order valence-corrected chi connectivity index (χ3v) is 8.37. The van der Waals surface area contributed by atoms with Gasteiger partial charge in [-0.3, -0.25) is 0 Å². The largest absolute Gasteiger partial charge is 0.496 e. The summed E-state index contributed by atoms with van der Waals surface area (Å²) in [5, 5.41) is 10.9. The molecule has 7 heteroatoms. The monoisotopic (exact) mass is 485 g/mol. The lowest BCUT2D eigenvalue weighted by Crippen LogP contribution is -2.49. The summed E-state index contributed by atoms with van der Waals surface area (Å²) in [5.41, 5.74) is 4.27. The third kappa shape index (κ3) is 4.48. The van der Waals surface area contributed by atoms with Gasteiger partial charge in [-0.15, -0.1) is 0 Å². The number of nitrogens with zero attached hydrogens (tertiary/aromatic N) is 2. The number of carbonyl (C=O) groups is 1. The number of rotatable bonds is 5. The number of anilines is 2. The van der Waals surface area contributed by atoms with Gasteiger partial charge in [0, 0.05) is 34.8 Å². The fourth-order valence-corrected chi connectivity index (χ4v) is 6.51. The van der Waals surface area contributed by atoms with Crippen LogP contribution in [-0.4, -0.2) is 48.2 Å². The summed E-state index contributed by atoms with van der Waals surface area (Å²) in [7, 11) is 3.95. The van der Waals surface area contributed by atoms with Crippen LogP contribution in [-0.2, 0) is 6.42 Å². The normalized spacial score (nSPS) is 25.3. The van der Waals surface area contributed by atoms with Crippen molar-refractivity contribution in [2.45, 2.75) is 69.1 Å². The Labute approximate surface area is 212 Å². The summed E-state index contributed by atoms with van der Waals surface area (Å²) >= 11 is 0. The lowest BCUT2D eigenvalue weighted by molar-refractivity contribution is 0.151. The van der Waals surface area contributed by atoms with E-state index in [-0.39, 0.29) is 18.1 Å². The van der Waals surface area contributed by atoms with Crippen molar-refractivity contribution in [1.82, 2.24) is 15.2 Å². The van der Waals surface area contributed by atoms with Crippen LogP contribution < -0.4 is 20.7 Å². The van der Waals surface area contributed by atoms with Gasteiger partial charge in [-0.1, -0.05) is 12.1 Å². The number of carbonyl (C=O) groups excluding carboxylic acids is 1. The highest BCUT2D eigenvalue weighted by molar-refractivity contribution is 5.93. The van der Waals surface area contributed by atoms with Crippen LogP contribution in [0, 0.1) is 0 Å². The summed E-state index contributed by atoms with van der Waals surface area (Å²) in [6.07, 6.45) is 7.83. The maximum Gasteiger partial charge on any atom is 0.319 e. The van der Waals surface area contributed by atoms with E-state index in [0.717, 1.165) is 60.3 Å². The molecule has 2 amide bonds. The minimum absolute atomic E-state index is 0.125. The number of hydrogen-bond donors (Lipinski definition) is 3. The lowest BCUT2D eigenvalue weighted by atomic mass is 9.87. The molecule has 2 aromatic carbocycles. The number of piperidine rings is 1. The summed E-state index contributed by atoms with van der Waals surface area (Å²) < 4.78 is 5.66. The smallest absolute Gasteiger partial charge is 0.319 e. The van der Waals surface area contributed by atoms with Crippen LogP contribution in [0.1, 0.15) is 55.7 Å². The SMILES string of the molecule is COc1cccc2c1C(Nc1ccc3cc(NC(=O)NC4CC5CCC(C4)N5C)ccc3n1)CCC2. The Morgan fingerprint density at radius 2 is 1.89 bits per heavy atom. The summed E-state index contributed by atoms with van der Waals surface area (Å²) in [4.78, 5) is 20.0. The van der Waals surface area contributed by atoms with Gasteiger partial charge in [0.1, 0.15) is 11.6 Å². The Bertz CT molecular complexity index is 1250. The van der Waals surface area contributed by atoms with Crippen molar-refractivity contribution in [1.29, 1.82) is 0 Å². The minimum atomic E-state index is -0.125. The number of hydrogen-bond acceptors (Lipinski definition) is 5. The molecule has 36 heavy (non-hydrogen) atoms. The number of benzene rings is 2. The standard InChI is InChI=1S/C29H35N5O2/c1-34-22-11-12-23(34)17-21(16-22)31-29(35)30-20-10-13-24-19(15-20)9-14-27(32-24)33-25-7-3-5-18-6-4-8-26(36-2)28(18)25/h4,6,8-10,13-15,21-23,25H,3,5,7,11-12,16-17H2,1-2H3,(H,32,33)(H2,30,31,35). The Kier molecular flexibility index (Phi) is 6.17. The number of methoxy groups -OCH3 is 1. The van der Waals surface area contributed by atoms with Crippen LogP contribution >= 0.6 is 0 Å². The molecule has 6 rings (SSSR count). The van der Waals surface area contributed by atoms with Gasteiger partial charge < -0.3 is 25.6 Å². The van der Waals surface area contributed by atoms with E-state index in [1.807, 2.05) is 30.3 Å². The number of nitrogens with one attached hydrogen (secondary N) is 3. The fraction of sp³-hybridized carbons (Fsp3) is 0.448. The van der Waals surface area contributed by atoms with E-state index < -0.39 is 0 Å². The molecule has 1 aliphatic carbocycles. The molecule has 3 atom stereocenters. The van der Waals surface area contributed by atoms with Crippen LogP contribution in [0.15, 0.2) is 48.5 Å². The van der Waals surface area contributed by atoms with Gasteiger partial charge in [-0.25, -0.2) is 9.78 Å². The quantitative estimate of drug-likeness (QED) is 0.446. The number of fused-ring (bicyclic) bond motifs is 4. The van der Waals surface area contributed by atoms with E-state index in [2.05, 4.69) is 46.1 Å². The first-order valence-electron chi connectivity index (χ1n) is 13.2. The Morgan fingerprint density at radius 3 is 2.69 bits per heavy atom. The van der Waals surface area contributed by atoms with Crippen molar-refractivity contribution >= 4 is 28.4 Å². The van der Waals surface area contributed by atoms with Gasteiger partial charge in [0.05, 0.1) is 18.7 Å². The maximum absolute atomic E-state index is 12.7. The zero-order valence-corrected chi connectivity index (χ0v) is 21.1. The molecule has 188 valence electrons. The predicted molar refractivity (Wildman–Crippen MR) is 144 cm³/mol. The van der Waals surface area contributed by atoms with Crippen LogP contribution in [0.5, 0.6) is 5.75 Å². The average molecular weight is 486 g/mol. The minimum Gasteiger partial charge on any atom is -0.496 e. The number of pyridine rings is 1. The molecule has 2 bridgehead atoms. The molecule has 3 unspecified atom stereocenters. The molecule has 0 saturated carbocycles. The van der Waals surface area contributed by atoms with Gasteiger partial charge in [-0.2, -0.15) is 0 Å². The van der Waals surface area contributed by atoms with E-state index in [0.29, 0.717) is 12.1 Å². The van der Waals surface area contributed by atoms with Gasteiger partial charge in [0.25, 0.3) is 0 Å². The van der Waals surface area contributed by atoms with Gasteiger partial charge >= 0.3 is 6.03 Å². The molecule has 3 aromatic rings. The van der Waals surface area contributed by atoms with Crippen molar-refractivity contribution in [3.05, 3.63) is 59.7 Å². The molecular formula is C29H35N5O2. The Hall–Kier alpha value is -3.32. The molecule has 2 fully saturated rings. The van der Waals surface area contributed by atoms with E-state index in [1.165, 1.54) is 24.0 Å². The predicted octanol–water partition coefficient (Wildman–Crippen LogP) is 5.48. The number of aromatic nitrogens is 1. The molecule has 0 radical (unpaired) electrons. The second-order valence-corrected chi connectivity index (χ2v) is 10.5. The van der Waals surface area contributed by atoms with Crippen molar-refractivity contribution in [3.63, 3.8) is 0 Å².